The first-order valence-corrected chi connectivity index (χ1v) is 9.41. The Bertz CT molecular complexity index is 1000. The quantitative estimate of drug-likeness (QED) is 0.550. The molecule has 1 N–H and O–H groups in total. The molecule has 26 heavy (non-hydrogen) atoms. The van der Waals surface area contributed by atoms with Crippen molar-refractivity contribution in [2.75, 3.05) is 13.2 Å². The van der Waals surface area contributed by atoms with Gasteiger partial charge in [-0.25, -0.2) is 4.98 Å². The summed E-state index contributed by atoms with van der Waals surface area (Å²) in [6.07, 6.45) is 1.39. The molecule has 0 aliphatic rings. The topological polar surface area (TPSA) is 73.2 Å². The molecule has 0 bridgehead atoms. The Hall–Kier alpha value is -2.19. The lowest BCUT2D eigenvalue weighted by Crippen LogP contribution is -2.34. The van der Waals surface area contributed by atoms with E-state index in [1.165, 1.54) is 10.9 Å². The predicted molar refractivity (Wildman–Crippen MR) is 106 cm³/mol. The van der Waals surface area contributed by atoms with Gasteiger partial charge in [0.15, 0.2) is 0 Å². The van der Waals surface area contributed by atoms with Gasteiger partial charge in [-0.1, -0.05) is 37.9 Å². The number of benzene rings is 2. The Balaban J connectivity index is 1.56. The first kappa shape index (κ1) is 18.6. The van der Waals surface area contributed by atoms with Crippen molar-refractivity contribution >= 4 is 48.7 Å². The van der Waals surface area contributed by atoms with Crippen LogP contribution in [0, 0.1) is 0 Å². The highest BCUT2D eigenvalue weighted by molar-refractivity contribution is 9.10. The van der Waals surface area contributed by atoms with Gasteiger partial charge in [-0.05, 0) is 36.4 Å². The molecule has 134 valence electrons. The van der Waals surface area contributed by atoms with Gasteiger partial charge >= 0.3 is 0 Å². The maximum atomic E-state index is 12.5. The van der Waals surface area contributed by atoms with Crippen molar-refractivity contribution in [1.82, 2.24) is 14.9 Å². The Labute approximate surface area is 166 Å². The molecule has 3 rings (SSSR count). The van der Waals surface area contributed by atoms with Gasteiger partial charge < -0.3 is 10.1 Å². The molecule has 1 amide bonds. The van der Waals surface area contributed by atoms with Crippen LogP contribution in [0.3, 0.4) is 0 Å². The van der Waals surface area contributed by atoms with Crippen molar-refractivity contribution < 1.29 is 9.53 Å². The second kappa shape index (κ2) is 8.46. The number of fused-ring (bicyclic) bond motifs is 1. The highest BCUT2D eigenvalue weighted by atomic mass is 79.9. The zero-order valence-electron chi connectivity index (χ0n) is 13.6. The monoisotopic (exact) mass is 479 g/mol. The number of nitrogens with zero attached hydrogens (tertiary/aromatic N) is 2. The van der Waals surface area contributed by atoms with Gasteiger partial charge in [0.05, 0.1) is 23.8 Å². The SMILES string of the molecule is O=C(Cn1cnc2ccc(Br)cc2c1=O)NCCOc1cccc(Br)c1. The molecule has 0 spiro atoms. The summed E-state index contributed by atoms with van der Waals surface area (Å²) >= 11 is 6.70. The summed E-state index contributed by atoms with van der Waals surface area (Å²) < 4.78 is 8.55. The number of hydrogen-bond acceptors (Lipinski definition) is 4. The lowest BCUT2D eigenvalue weighted by Gasteiger charge is -2.09. The molecule has 0 aliphatic carbocycles. The van der Waals surface area contributed by atoms with Gasteiger partial charge in [0, 0.05) is 8.95 Å². The first-order valence-electron chi connectivity index (χ1n) is 7.83. The van der Waals surface area contributed by atoms with E-state index in [0.717, 1.165) is 8.95 Å². The number of halogens is 2. The Morgan fingerprint density at radius 3 is 2.77 bits per heavy atom. The van der Waals surface area contributed by atoms with Gasteiger partial charge in [0.25, 0.3) is 5.56 Å². The molecule has 0 unspecified atom stereocenters. The molecule has 0 aliphatic heterocycles. The predicted octanol–water partition coefficient (Wildman–Crippen LogP) is 3.12. The second-order valence-corrected chi connectivity index (χ2v) is 7.33. The van der Waals surface area contributed by atoms with Crippen molar-refractivity contribution in [3.05, 3.63) is 68.1 Å². The number of carbonyl (C=O) groups is 1. The summed E-state index contributed by atoms with van der Waals surface area (Å²) in [7, 11) is 0. The van der Waals surface area contributed by atoms with Gasteiger partial charge in [0.2, 0.25) is 5.91 Å². The highest BCUT2D eigenvalue weighted by Crippen LogP contribution is 2.17. The van der Waals surface area contributed by atoms with E-state index < -0.39 is 0 Å². The molecule has 0 radical (unpaired) electrons. The van der Waals surface area contributed by atoms with E-state index in [0.29, 0.717) is 29.8 Å². The number of rotatable bonds is 6. The van der Waals surface area contributed by atoms with Crippen LogP contribution in [-0.4, -0.2) is 28.6 Å². The molecule has 1 aromatic heterocycles. The third-order valence-electron chi connectivity index (χ3n) is 3.59. The van der Waals surface area contributed by atoms with Gasteiger partial charge in [-0.3, -0.25) is 14.2 Å². The maximum absolute atomic E-state index is 12.5. The van der Waals surface area contributed by atoms with Crippen LogP contribution in [0.2, 0.25) is 0 Å². The number of hydrogen-bond donors (Lipinski definition) is 1. The smallest absolute Gasteiger partial charge is 0.261 e. The molecule has 0 fully saturated rings. The third-order valence-corrected chi connectivity index (χ3v) is 4.58. The Kier molecular flexibility index (Phi) is 6.05. The molecular weight excluding hydrogens is 466 g/mol. The Morgan fingerprint density at radius 2 is 1.96 bits per heavy atom. The van der Waals surface area contributed by atoms with E-state index in [1.807, 2.05) is 30.3 Å². The van der Waals surface area contributed by atoms with E-state index >= 15 is 0 Å². The summed E-state index contributed by atoms with van der Waals surface area (Å²) in [5, 5.41) is 3.20. The van der Waals surface area contributed by atoms with Gasteiger partial charge in [0.1, 0.15) is 18.9 Å². The van der Waals surface area contributed by atoms with Crippen molar-refractivity contribution in [1.29, 1.82) is 0 Å². The van der Waals surface area contributed by atoms with E-state index in [1.54, 1.807) is 12.1 Å². The summed E-state index contributed by atoms with van der Waals surface area (Å²) in [5.41, 5.74) is 0.342. The molecule has 0 saturated carbocycles. The van der Waals surface area contributed by atoms with Crippen molar-refractivity contribution in [2.24, 2.45) is 0 Å². The average molecular weight is 481 g/mol. The summed E-state index contributed by atoms with van der Waals surface area (Å²) in [6.45, 7) is 0.581. The van der Waals surface area contributed by atoms with E-state index in [-0.39, 0.29) is 18.0 Å². The minimum Gasteiger partial charge on any atom is -0.492 e. The number of amides is 1. The van der Waals surface area contributed by atoms with E-state index in [4.69, 9.17) is 4.74 Å². The zero-order valence-corrected chi connectivity index (χ0v) is 16.8. The lowest BCUT2D eigenvalue weighted by atomic mass is 10.2. The first-order chi connectivity index (χ1) is 12.5. The number of aromatic nitrogens is 2. The maximum Gasteiger partial charge on any atom is 0.261 e. The number of ether oxygens (including phenoxy) is 1. The normalized spacial score (nSPS) is 10.7. The van der Waals surface area contributed by atoms with Gasteiger partial charge in [-0.15, -0.1) is 0 Å². The van der Waals surface area contributed by atoms with Crippen LogP contribution in [0.4, 0.5) is 0 Å². The van der Waals surface area contributed by atoms with Crippen LogP contribution in [0.25, 0.3) is 10.9 Å². The molecule has 0 atom stereocenters. The zero-order chi connectivity index (χ0) is 18.5. The van der Waals surface area contributed by atoms with Crippen molar-refractivity contribution in [3.63, 3.8) is 0 Å². The molecular formula is C18H15Br2N3O3. The van der Waals surface area contributed by atoms with Crippen LogP contribution in [0.15, 0.2) is 62.5 Å². The van der Waals surface area contributed by atoms with Crippen LogP contribution < -0.4 is 15.6 Å². The molecule has 0 saturated heterocycles. The van der Waals surface area contributed by atoms with Gasteiger partial charge in [-0.2, -0.15) is 0 Å². The minimum absolute atomic E-state index is 0.0921. The number of nitrogens with one attached hydrogen (secondary N) is 1. The molecule has 8 heteroatoms. The highest BCUT2D eigenvalue weighted by Gasteiger charge is 2.08. The molecule has 3 aromatic rings. The Morgan fingerprint density at radius 1 is 1.15 bits per heavy atom. The van der Waals surface area contributed by atoms with Crippen molar-refractivity contribution in [2.45, 2.75) is 6.54 Å². The van der Waals surface area contributed by atoms with E-state index in [9.17, 15) is 9.59 Å². The van der Waals surface area contributed by atoms with Crippen LogP contribution in [0.5, 0.6) is 5.75 Å². The third kappa shape index (κ3) is 4.70. The fraction of sp³-hybridized carbons (Fsp3) is 0.167. The standard InChI is InChI=1S/C18H15Br2N3O3/c19-12-2-1-3-14(8-12)26-7-6-21-17(24)10-23-11-22-16-5-4-13(20)9-15(16)18(23)25/h1-5,8-9,11H,6-7,10H2,(H,21,24). The number of carbonyl (C=O) groups excluding carboxylic acids is 1. The average Bonchev–Trinajstić information content (AvgIpc) is 2.62. The molecule has 2 aromatic carbocycles. The summed E-state index contributed by atoms with van der Waals surface area (Å²) in [6, 6.07) is 12.7. The largest absolute Gasteiger partial charge is 0.492 e. The fourth-order valence-corrected chi connectivity index (χ4v) is 3.11. The lowest BCUT2D eigenvalue weighted by molar-refractivity contribution is -0.121. The van der Waals surface area contributed by atoms with Crippen LogP contribution >= 0.6 is 31.9 Å². The summed E-state index contributed by atoms with van der Waals surface area (Å²) in [4.78, 5) is 28.7. The van der Waals surface area contributed by atoms with Crippen molar-refractivity contribution in [3.8, 4) is 5.75 Å². The molecule has 1 heterocycles. The van der Waals surface area contributed by atoms with E-state index in [2.05, 4.69) is 42.2 Å². The summed E-state index contributed by atoms with van der Waals surface area (Å²) in [5.74, 6) is 0.440. The van der Waals surface area contributed by atoms with Crippen LogP contribution in [0.1, 0.15) is 0 Å². The fourth-order valence-electron chi connectivity index (χ4n) is 2.37. The second-order valence-electron chi connectivity index (χ2n) is 5.49. The molecule has 6 nitrogen and oxygen atoms in total. The van der Waals surface area contributed by atoms with Crippen LogP contribution in [-0.2, 0) is 11.3 Å². The minimum atomic E-state index is -0.277.